The van der Waals surface area contributed by atoms with E-state index in [0.29, 0.717) is 0 Å². The molecule has 2 fully saturated rings. The number of nitriles is 1. The monoisotopic (exact) mass is 387 g/mol. The van der Waals surface area contributed by atoms with Crippen LogP contribution < -0.4 is 0 Å². The minimum Gasteiger partial charge on any atom is -0.198 e. The number of hydrogen-bond donors (Lipinski definition) is 0. The van der Waals surface area contributed by atoms with Crippen LogP contribution in [0.15, 0.2) is 0 Å². The fraction of sp³-hybridized carbons (Fsp3) is 0.963. The molecule has 0 heterocycles. The first-order chi connectivity index (χ1) is 13.7. The Morgan fingerprint density at radius 2 is 1.21 bits per heavy atom. The molecule has 0 amide bonds. The molecule has 0 N–H and O–H groups in total. The standard InChI is InChI=1S/C27H49N/c1-3-5-7-9-11-13-24-14-16-25(17-15-24)26-18-21-27(23-28,22-19-26)20-12-10-8-6-4-2/h24-26H,3-22H2,1-2H3. The molecule has 1 heteroatoms. The maximum Gasteiger partial charge on any atom is 0.0689 e. The summed E-state index contributed by atoms with van der Waals surface area (Å²) < 4.78 is 0. The van der Waals surface area contributed by atoms with Crippen molar-refractivity contribution in [1.82, 2.24) is 0 Å². The maximum atomic E-state index is 9.86. The number of rotatable bonds is 13. The lowest BCUT2D eigenvalue weighted by Gasteiger charge is -2.41. The average molecular weight is 388 g/mol. The summed E-state index contributed by atoms with van der Waals surface area (Å²) in [5.41, 5.74) is 0.0401. The lowest BCUT2D eigenvalue weighted by molar-refractivity contribution is 0.114. The third-order valence-electron chi connectivity index (χ3n) is 8.26. The molecule has 2 saturated carbocycles. The molecule has 0 spiro atoms. The zero-order valence-corrected chi connectivity index (χ0v) is 19.3. The smallest absolute Gasteiger partial charge is 0.0689 e. The van der Waals surface area contributed by atoms with Crippen LogP contribution in [0.2, 0.25) is 0 Å². The molecular weight excluding hydrogens is 338 g/mol. The third-order valence-corrected chi connectivity index (χ3v) is 8.26. The SMILES string of the molecule is CCCCCCCC1CCC(C2CCC(C#N)(CCCCCCC)CC2)CC1. The Balaban J connectivity index is 1.62. The third kappa shape index (κ3) is 8.08. The van der Waals surface area contributed by atoms with Crippen molar-refractivity contribution < 1.29 is 0 Å². The molecule has 0 radical (unpaired) electrons. The summed E-state index contributed by atoms with van der Waals surface area (Å²) in [4.78, 5) is 0. The summed E-state index contributed by atoms with van der Waals surface area (Å²) in [6.07, 6.45) is 27.5. The van der Waals surface area contributed by atoms with Crippen LogP contribution in [0.1, 0.15) is 142 Å². The van der Waals surface area contributed by atoms with Gasteiger partial charge in [0.2, 0.25) is 0 Å². The van der Waals surface area contributed by atoms with Gasteiger partial charge in [-0.25, -0.2) is 0 Å². The Kier molecular flexibility index (Phi) is 11.6. The first-order valence-electron chi connectivity index (χ1n) is 13.1. The first-order valence-corrected chi connectivity index (χ1v) is 13.1. The molecule has 162 valence electrons. The molecule has 0 aromatic carbocycles. The van der Waals surface area contributed by atoms with Gasteiger partial charge in [-0.3, -0.25) is 0 Å². The van der Waals surface area contributed by atoms with E-state index in [1.54, 1.807) is 0 Å². The second-order valence-electron chi connectivity index (χ2n) is 10.4. The molecule has 0 unspecified atom stereocenters. The van der Waals surface area contributed by atoms with Crippen molar-refractivity contribution in [3.8, 4) is 6.07 Å². The molecule has 0 aliphatic heterocycles. The predicted octanol–water partition coefficient (Wildman–Crippen LogP) is 9.21. The largest absolute Gasteiger partial charge is 0.198 e. The van der Waals surface area contributed by atoms with Gasteiger partial charge in [0.05, 0.1) is 11.5 Å². The van der Waals surface area contributed by atoms with Crippen LogP contribution >= 0.6 is 0 Å². The fourth-order valence-electron chi connectivity index (χ4n) is 6.13. The van der Waals surface area contributed by atoms with Crippen LogP contribution in [0, 0.1) is 34.5 Å². The Labute approximate surface area is 177 Å². The highest BCUT2D eigenvalue weighted by Gasteiger charge is 2.38. The lowest BCUT2D eigenvalue weighted by Crippen LogP contribution is -2.31. The van der Waals surface area contributed by atoms with Gasteiger partial charge in [-0.05, 0) is 62.7 Å². The molecule has 2 rings (SSSR count). The molecule has 0 atom stereocenters. The molecular formula is C27H49N. The van der Waals surface area contributed by atoms with Gasteiger partial charge in [0.15, 0.2) is 0 Å². The maximum absolute atomic E-state index is 9.86. The van der Waals surface area contributed by atoms with Crippen molar-refractivity contribution in [2.45, 2.75) is 142 Å². The van der Waals surface area contributed by atoms with E-state index in [-0.39, 0.29) is 5.41 Å². The molecule has 0 saturated heterocycles. The van der Waals surface area contributed by atoms with Gasteiger partial charge in [0.25, 0.3) is 0 Å². The molecule has 2 aliphatic carbocycles. The van der Waals surface area contributed by atoms with Crippen molar-refractivity contribution >= 4 is 0 Å². The van der Waals surface area contributed by atoms with E-state index in [1.807, 2.05) is 0 Å². The van der Waals surface area contributed by atoms with Gasteiger partial charge < -0.3 is 0 Å². The van der Waals surface area contributed by atoms with Gasteiger partial charge in [-0.15, -0.1) is 0 Å². The zero-order valence-electron chi connectivity index (χ0n) is 19.3. The van der Waals surface area contributed by atoms with Crippen molar-refractivity contribution in [2.75, 3.05) is 0 Å². The van der Waals surface area contributed by atoms with E-state index >= 15 is 0 Å². The Bertz CT molecular complexity index is 418. The summed E-state index contributed by atoms with van der Waals surface area (Å²) in [5.74, 6) is 2.95. The van der Waals surface area contributed by atoms with Crippen molar-refractivity contribution in [3.63, 3.8) is 0 Å². The Morgan fingerprint density at radius 3 is 1.79 bits per heavy atom. The summed E-state index contributed by atoms with van der Waals surface area (Å²) in [5, 5.41) is 9.86. The highest BCUT2D eigenvalue weighted by Crippen LogP contribution is 2.47. The van der Waals surface area contributed by atoms with Crippen LogP contribution in [0.4, 0.5) is 0 Å². The number of nitrogens with zero attached hydrogens (tertiary/aromatic N) is 1. The van der Waals surface area contributed by atoms with Gasteiger partial charge in [0.1, 0.15) is 0 Å². The van der Waals surface area contributed by atoms with Crippen molar-refractivity contribution in [1.29, 1.82) is 5.26 Å². The summed E-state index contributed by atoms with van der Waals surface area (Å²) in [6.45, 7) is 4.58. The van der Waals surface area contributed by atoms with Crippen molar-refractivity contribution in [2.24, 2.45) is 23.2 Å². The minimum atomic E-state index is 0.0401. The fourth-order valence-corrected chi connectivity index (χ4v) is 6.13. The van der Waals surface area contributed by atoms with E-state index in [2.05, 4.69) is 19.9 Å². The van der Waals surface area contributed by atoms with E-state index in [0.717, 1.165) is 17.8 Å². The summed E-state index contributed by atoms with van der Waals surface area (Å²) >= 11 is 0. The van der Waals surface area contributed by atoms with Gasteiger partial charge >= 0.3 is 0 Å². The summed E-state index contributed by atoms with van der Waals surface area (Å²) in [7, 11) is 0. The molecule has 1 nitrogen and oxygen atoms in total. The number of unbranched alkanes of at least 4 members (excludes halogenated alkanes) is 8. The van der Waals surface area contributed by atoms with Crippen LogP contribution in [-0.2, 0) is 0 Å². The van der Waals surface area contributed by atoms with Crippen LogP contribution in [-0.4, -0.2) is 0 Å². The lowest BCUT2D eigenvalue weighted by atomic mass is 9.63. The molecule has 0 aromatic heterocycles. The molecule has 28 heavy (non-hydrogen) atoms. The summed E-state index contributed by atoms with van der Waals surface area (Å²) in [6, 6.07) is 2.78. The van der Waals surface area contributed by atoms with Crippen LogP contribution in [0.3, 0.4) is 0 Å². The number of hydrogen-bond acceptors (Lipinski definition) is 1. The predicted molar refractivity (Wildman–Crippen MR) is 122 cm³/mol. The molecule has 0 aromatic rings. The second kappa shape index (κ2) is 13.7. The van der Waals surface area contributed by atoms with E-state index < -0.39 is 0 Å². The van der Waals surface area contributed by atoms with Crippen LogP contribution in [0.25, 0.3) is 0 Å². The highest BCUT2D eigenvalue weighted by atomic mass is 14.4. The van der Waals surface area contributed by atoms with E-state index in [4.69, 9.17) is 0 Å². The molecule has 0 bridgehead atoms. The van der Waals surface area contributed by atoms with Crippen LogP contribution in [0.5, 0.6) is 0 Å². The quantitative estimate of drug-likeness (QED) is 0.289. The first kappa shape index (κ1) is 23.8. The normalized spacial score (nSPS) is 30.8. The van der Waals surface area contributed by atoms with Gasteiger partial charge in [-0.2, -0.15) is 5.26 Å². The average Bonchev–Trinajstić information content (AvgIpc) is 2.74. The topological polar surface area (TPSA) is 23.8 Å². The van der Waals surface area contributed by atoms with E-state index in [1.165, 1.54) is 128 Å². The van der Waals surface area contributed by atoms with Gasteiger partial charge in [0, 0.05) is 0 Å². The zero-order chi connectivity index (χ0) is 20.1. The van der Waals surface area contributed by atoms with E-state index in [9.17, 15) is 5.26 Å². The Morgan fingerprint density at radius 1 is 0.679 bits per heavy atom. The highest BCUT2D eigenvalue weighted by molar-refractivity contribution is 5.02. The molecule has 2 aliphatic rings. The minimum absolute atomic E-state index is 0.0401. The van der Waals surface area contributed by atoms with Gasteiger partial charge in [-0.1, -0.05) is 97.3 Å². The Hall–Kier alpha value is -0.510. The van der Waals surface area contributed by atoms with Crippen molar-refractivity contribution in [3.05, 3.63) is 0 Å². The second-order valence-corrected chi connectivity index (χ2v) is 10.4.